The van der Waals surface area contributed by atoms with Crippen molar-refractivity contribution in [3.8, 4) is 11.5 Å². The number of carbonyl (C=O) groups is 1. The molecule has 0 bridgehead atoms. The van der Waals surface area contributed by atoms with Gasteiger partial charge < -0.3 is 14.8 Å². The lowest BCUT2D eigenvalue weighted by Gasteiger charge is -2.12. The van der Waals surface area contributed by atoms with Crippen molar-refractivity contribution in [1.82, 2.24) is 0 Å². The van der Waals surface area contributed by atoms with E-state index in [2.05, 4.69) is 21.2 Å². The molecule has 0 fully saturated rings. The summed E-state index contributed by atoms with van der Waals surface area (Å²) in [6.07, 6.45) is 0.735. The number of nitrogens with one attached hydrogen (secondary N) is 1. The Hall–Kier alpha value is -1.23. The minimum Gasteiger partial charge on any atom is -0.493 e. The number of hydrogen-bond acceptors (Lipinski definition) is 3. The summed E-state index contributed by atoms with van der Waals surface area (Å²) < 4.78 is 10.3. The maximum absolute atomic E-state index is 11.7. The van der Waals surface area contributed by atoms with Crippen molar-refractivity contribution in [2.45, 2.75) is 18.2 Å². The molecule has 1 rings (SSSR count). The van der Waals surface area contributed by atoms with E-state index in [0.717, 1.165) is 6.42 Å². The number of anilines is 1. The van der Waals surface area contributed by atoms with Crippen LogP contribution in [0.2, 0.25) is 0 Å². The minimum absolute atomic E-state index is 0.0697. The normalized spacial score (nSPS) is 11.8. The molecule has 0 aliphatic heterocycles. The number of ether oxygens (including phenoxy) is 2. The van der Waals surface area contributed by atoms with E-state index in [0.29, 0.717) is 17.2 Å². The highest BCUT2D eigenvalue weighted by molar-refractivity contribution is 9.10. The first-order valence-corrected chi connectivity index (χ1v) is 6.20. The summed E-state index contributed by atoms with van der Waals surface area (Å²) in [4.78, 5) is 11.5. The fourth-order valence-electron chi connectivity index (χ4n) is 1.32. The molecule has 1 aromatic rings. The Morgan fingerprint density at radius 2 is 2.00 bits per heavy atom. The molecule has 1 amide bonds. The van der Waals surface area contributed by atoms with Crippen molar-refractivity contribution < 1.29 is 14.3 Å². The molecule has 94 valence electrons. The van der Waals surface area contributed by atoms with Gasteiger partial charge in [0.1, 0.15) is 0 Å². The molecular weight excluding hydrogens is 286 g/mol. The van der Waals surface area contributed by atoms with Crippen LogP contribution in [0.15, 0.2) is 18.2 Å². The van der Waals surface area contributed by atoms with E-state index in [1.165, 1.54) is 0 Å². The molecule has 0 spiro atoms. The van der Waals surface area contributed by atoms with Crippen molar-refractivity contribution in [1.29, 1.82) is 0 Å². The Kier molecular flexibility index (Phi) is 5.28. The predicted molar refractivity (Wildman–Crippen MR) is 71.2 cm³/mol. The molecule has 5 heteroatoms. The fraction of sp³-hybridized carbons (Fsp3) is 0.417. The van der Waals surface area contributed by atoms with Crippen molar-refractivity contribution in [2.24, 2.45) is 0 Å². The number of rotatable bonds is 5. The molecule has 1 atom stereocenters. The second kappa shape index (κ2) is 6.49. The van der Waals surface area contributed by atoms with Crippen LogP contribution in [-0.2, 0) is 4.79 Å². The number of halogens is 1. The third-order valence-electron chi connectivity index (χ3n) is 2.29. The highest BCUT2D eigenvalue weighted by atomic mass is 79.9. The summed E-state index contributed by atoms with van der Waals surface area (Å²) in [5.74, 6) is 1.16. The van der Waals surface area contributed by atoms with Crippen molar-refractivity contribution >= 4 is 27.5 Å². The minimum atomic E-state index is -0.185. The van der Waals surface area contributed by atoms with Gasteiger partial charge in [-0.1, -0.05) is 22.9 Å². The summed E-state index contributed by atoms with van der Waals surface area (Å²) >= 11 is 3.30. The Morgan fingerprint density at radius 1 is 1.35 bits per heavy atom. The fourth-order valence-corrected chi connectivity index (χ4v) is 1.43. The van der Waals surface area contributed by atoms with E-state index < -0.39 is 0 Å². The Labute approximate surface area is 109 Å². The second-order valence-electron chi connectivity index (χ2n) is 3.43. The van der Waals surface area contributed by atoms with E-state index in [9.17, 15) is 4.79 Å². The van der Waals surface area contributed by atoms with Crippen molar-refractivity contribution in [2.75, 3.05) is 19.5 Å². The van der Waals surface area contributed by atoms with Gasteiger partial charge in [-0.3, -0.25) is 4.79 Å². The van der Waals surface area contributed by atoms with Gasteiger partial charge in [-0.05, 0) is 18.6 Å². The second-order valence-corrected chi connectivity index (χ2v) is 4.54. The van der Waals surface area contributed by atoms with E-state index in [1.54, 1.807) is 32.4 Å². The van der Waals surface area contributed by atoms with Gasteiger partial charge in [0, 0.05) is 11.8 Å². The lowest BCUT2D eigenvalue weighted by Crippen LogP contribution is -2.21. The zero-order valence-corrected chi connectivity index (χ0v) is 11.7. The number of amides is 1. The highest BCUT2D eigenvalue weighted by Crippen LogP contribution is 2.29. The summed E-state index contributed by atoms with van der Waals surface area (Å²) in [7, 11) is 3.13. The Bertz CT molecular complexity index is 395. The Balaban J connectivity index is 2.82. The largest absolute Gasteiger partial charge is 0.493 e. The summed E-state index contributed by atoms with van der Waals surface area (Å²) in [5.41, 5.74) is 0.686. The molecule has 0 aromatic heterocycles. The number of benzene rings is 1. The number of methoxy groups -OCH3 is 2. The molecule has 1 N–H and O–H groups in total. The quantitative estimate of drug-likeness (QED) is 0.851. The molecule has 0 aliphatic rings. The molecule has 0 unspecified atom stereocenters. The number of alkyl halides is 1. The monoisotopic (exact) mass is 301 g/mol. The van der Waals surface area contributed by atoms with Gasteiger partial charge in [-0.15, -0.1) is 0 Å². The third-order valence-corrected chi connectivity index (χ3v) is 3.36. The van der Waals surface area contributed by atoms with Gasteiger partial charge in [-0.25, -0.2) is 0 Å². The van der Waals surface area contributed by atoms with Gasteiger partial charge in [0.2, 0.25) is 5.91 Å². The topological polar surface area (TPSA) is 47.6 Å². The standard InChI is InChI=1S/C12H16BrNO3/c1-4-9(13)12(15)14-8-5-6-10(16-2)11(7-8)17-3/h5-7,9H,4H2,1-3H3,(H,14,15)/t9-/m1/s1. The summed E-state index contributed by atoms with van der Waals surface area (Å²) in [6.45, 7) is 1.94. The van der Waals surface area contributed by atoms with E-state index >= 15 is 0 Å². The Morgan fingerprint density at radius 3 is 2.53 bits per heavy atom. The molecule has 0 heterocycles. The van der Waals surface area contributed by atoms with Gasteiger partial charge in [-0.2, -0.15) is 0 Å². The molecule has 4 nitrogen and oxygen atoms in total. The molecule has 0 radical (unpaired) electrons. The van der Waals surface area contributed by atoms with Crippen molar-refractivity contribution in [3.63, 3.8) is 0 Å². The van der Waals surface area contributed by atoms with Crippen molar-refractivity contribution in [3.05, 3.63) is 18.2 Å². The van der Waals surface area contributed by atoms with E-state index in [4.69, 9.17) is 9.47 Å². The van der Waals surface area contributed by atoms with Crippen LogP contribution in [-0.4, -0.2) is 25.0 Å². The zero-order chi connectivity index (χ0) is 12.8. The van der Waals surface area contributed by atoms with Crippen LogP contribution >= 0.6 is 15.9 Å². The first-order valence-electron chi connectivity index (χ1n) is 5.29. The van der Waals surface area contributed by atoms with Gasteiger partial charge in [0.25, 0.3) is 0 Å². The van der Waals surface area contributed by atoms with E-state index in [1.807, 2.05) is 6.92 Å². The van der Waals surface area contributed by atoms with Gasteiger partial charge in [0.05, 0.1) is 19.0 Å². The lowest BCUT2D eigenvalue weighted by atomic mass is 10.2. The molecule has 0 saturated carbocycles. The van der Waals surface area contributed by atoms with E-state index in [-0.39, 0.29) is 10.7 Å². The predicted octanol–water partition coefficient (Wildman–Crippen LogP) is 2.82. The van der Waals surface area contributed by atoms with Crippen LogP contribution in [0, 0.1) is 0 Å². The van der Waals surface area contributed by atoms with Gasteiger partial charge >= 0.3 is 0 Å². The molecule has 17 heavy (non-hydrogen) atoms. The first-order chi connectivity index (χ1) is 8.12. The first kappa shape index (κ1) is 13.8. The van der Waals surface area contributed by atoms with Crippen LogP contribution in [0.25, 0.3) is 0 Å². The molecule has 0 aliphatic carbocycles. The molecular formula is C12H16BrNO3. The molecule has 1 aromatic carbocycles. The third kappa shape index (κ3) is 3.63. The lowest BCUT2D eigenvalue weighted by molar-refractivity contribution is -0.115. The van der Waals surface area contributed by atoms with Gasteiger partial charge in [0.15, 0.2) is 11.5 Å². The SMILES string of the molecule is CC[C@@H](Br)C(=O)Nc1ccc(OC)c(OC)c1. The van der Waals surface area contributed by atoms with Crippen LogP contribution in [0.5, 0.6) is 11.5 Å². The van der Waals surface area contributed by atoms with Crippen LogP contribution in [0.1, 0.15) is 13.3 Å². The average Bonchev–Trinajstić information content (AvgIpc) is 2.37. The maximum atomic E-state index is 11.7. The van der Waals surface area contributed by atoms with Crippen LogP contribution in [0.3, 0.4) is 0 Å². The number of carbonyl (C=O) groups excluding carboxylic acids is 1. The van der Waals surface area contributed by atoms with Crippen LogP contribution in [0.4, 0.5) is 5.69 Å². The average molecular weight is 302 g/mol. The smallest absolute Gasteiger partial charge is 0.238 e. The number of hydrogen-bond donors (Lipinski definition) is 1. The maximum Gasteiger partial charge on any atom is 0.238 e. The summed E-state index contributed by atoms with van der Waals surface area (Å²) in [5, 5.41) is 2.80. The summed E-state index contributed by atoms with van der Waals surface area (Å²) in [6, 6.07) is 5.25. The zero-order valence-electron chi connectivity index (χ0n) is 10.1. The molecule has 0 saturated heterocycles. The van der Waals surface area contributed by atoms with Crippen LogP contribution < -0.4 is 14.8 Å². The highest BCUT2D eigenvalue weighted by Gasteiger charge is 2.13.